The number of nitrogens with one attached hydrogen (secondary N) is 1. The van der Waals surface area contributed by atoms with Gasteiger partial charge in [0.05, 0.1) is 12.0 Å². The highest BCUT2D eigenvalue weighted by Crippen LogP contribution is 2.48. The van der Waals surface area contributed by atoms with Crippen molar-refractivity contribution in [1.82, 2.24) is 9.47 Å². The van der Waals surface area contributed by atoms with E-state index >= 15 is 0 Å². The van der Waals surface area contributed by atoms with Crippen molar-refractivity contribution in [1.29, 1.82) is 0 Å². The Bertz CT molecular complexity index is 1230. The van der Waals surface area contributed by atoms with E-state index in [0.29, 0.717) is 29.9 Å². The number of carbonyl (C=O) groups excluding carboxylic acids is 1. The van der Waals surface area contributed by atoms with Crippen molar-refractivity contribution in [3.63, 3.8) is 0 Å². The molecule has 0 spiro atoms. The minimum atomic E-state index is -0.495. The molecule has 2 aliphatic heterocycles. The minimum Gasteiger partial charge on any atom is -0.396 e. The van der Waals surface area contributed by atoms with E-state index in [4.69, 9.17) is 0 Å². The smallest absolute Gasteiger partial charge is 0.258 e. The number of likely N-dealkylation sites (N-methyl/N-ethyl adjacent to an activating group) is 1. The molecule has 1 aromatic heterocycles. The first kappa shape index (κ1) is 21.6. The second-order valence-electron chi connectivity index (χ2n) is 8.66. The molecular formula is C26H26FN3O3. The predicted octanol–water partition coefficient (Wildman–Crippen LogP) is 3.28. The Morgan fingerprint density at radius 3 is 2.48 bits per heavy atom. The summed E-state index contributed by atoms with van der Waals surface area (Å²) in [7, 11) is 0. The molecule has 3 aromatic rings. The Labute approximate surface area is 191 Å². The van der Waals surface area contributed by atoms with Crippen LogP contribution in [0.15, 0.2) is 71.5 Å². The van der Waals surface area contributed by atoms with Gasteiger partial charge in [0.25, 0.3) is 5.56 Å². The van der Waals surface area contributed by atoms with Crippen molar-refractivity contribution < 1.29 is 14.3 Å². The predicted molar refractivity (Wildman–Crippen MR) is 124 cm³/mol. The van der Waals surface area contributed by atoms with E-state index in [1.807, 2.05) is 43.3 Å². The van der Waals surface area contributed by atoms with Crippen LogP contribution in [0.4, 0.5) is 10.1 Å². The van der Waals surface area contributed by atoms with Gasteiger partial charge < -0.3 is 15.0 Å². The van der Waals surface area contributed by atoms with Crippen LogP contribution in [-0.2, 0) is 11.3 Å². The molecule has 1 fully saturated rings. The third-order valence-electron chi connectivity index (χ3n) is 7.03. The fraction of sp³-hybridized carbons (Fsp3) is 0.308. The number of rotatable bonds is 5. The number of aliphatic hydroxyl groups excluding tert-OH is 1. The number of aromatic nitrogens is 1. The maximum absolute atomic E-state index is 13.5. The number of aliphatic hydroxyl groups is 1. The van der Waals surface area contributed by atoms with Gasteiger partial charge in [0.15, 0.2) is 0 Å². The largest absolute Gasteiger partial charge is 0.396 e. The first-order chi connectivity index (χ1) is 16.0. The van der Waals surface area contributed by atoms with Crippen LogP contribution >= 0.6 is 0 Å². The Morgan fingerprint density at radius 1 is 1.09 bits per heavy atom. The van der Waals surface area contributed by atoms with Gasteiger partial charge in [0.2, 0.25) is 5.91 Å². The van der Waals surface area contributed by atoms with Crippen LogP contribution < -0.4 is 10.9 Å². The van der Waals surface area contributed by atoms with Crippen molar-refractivity contribution in [3.05, 3.63) is 88.6 Å². The van der Waals surface area contributed by atoms with E-state index in [0.717, 1.165) is 5.69 Å². The highest BCUT2D eigenvalue weighted by Gasteiger charge is 2.55. The molecule has 170 valence electrons. The molecule has 7 heteroatoms. The van der Waals surface area contributed by atoms with Crippen molar-refractivity contribution in [2.75, 3.05) is 18.5 Å². The standard InChI is InChI=1S/C26H26FN3O3/c1-2-29-22-14-30-21(13-12-19(26(30)33)16-8-10-17(27)11-9-16)24(29)23(20(22)15-31)25(32)28-18-6-4-3-5-7-18/h3-13,20,22-24,31H,2,14-15H2,1H3,(H,28,32)/t20-,22-,23+,24+/m1/s1. The Morgan fingerprint density at radius 2 is 1.82 bits per heavy atom. The molecule has 0 saturated carbocycles. The first-order valence-corrected chi connectivity index (χ1v) is 11.3. The van der Waals surface area contributed by atoms with E-state index < -0.39 is 5.92 Å². The Balaban J connectivity index is 1.57. The molecule has 4 atom stereocenters. The molecule has 5 rings (SSSR count). The van der Waals surface area contributed by atoms with E-state index in [2.05, 4.69) is 10.2 Å². The van der Waals surface area contributed by atoms with Crippen LogP contribution in [0.25, 0.3) is 11.1 Å². The second kappa shape index (κ2) is 8.57. The summed E-state index contributed by atoms with van der Waals surface area (Å²) in [5, 5.41) is 13.3. The van der Waals surface area contributed by atoms with Gasteiger partial charge in [-0.15, -0.1) is 0 Å². The first-order valence-electron chi connectivity index (χ1n) is 11.3. The van der Waals surface area contributed by atoms with E-state index in [1.54, 1.807) is 22.8 Å². The molecule has 3 heterocycles. The normalized spacial score (nSPS) is 23.8. The Kier molecular flexibility index (Phi) is 5.60. The molecule has 1 saturated heterocycles. The molecule has 0 radical (unpaired) electrons. The van der Waals surface area contributed by atoms with Crippen LogP contribution in [0, 0.1) is 17.7 Å². The number of fused-ring (bicyclic) bond motifs is 4. The molecule has 2 aliphatic rings. The lowest BCUT2D eigenvalue weighted by Crippen LogP contribution is -2.46. The zero-order valence-electron chi connectivity index (χ0n) is 18.3. The van der Waals surface area contributed by atoms with Crippen LogP contribution in [0.3, 0.4) is 0 Å². The quantitative estimate of drug-likeness (QED) is 0.630. The number of amides is 1. The molecule has 0 aliphatic carbocycles. The van der Waals surface area contributed by atoms with Gasteiger partial charge in [-0.3, -0.25) is 14.5 Å². The lowest BCUT2D eigenvalue weighted by Gasteiger charge is -2.37. The summed E-state index contributed by atoms with van der Waals surface area (Å²) >= 11 is 0. The van der Waals surface area contributed by atoms with Gasteiger partial charge in [0.1, 0.15) is 5.82 Å². The summed E-state index contributed by atoms with van der Waals surface area (Å²) in [6.45, 7) is 2.99. The fourth-order valence-electron chi connectivity index (χ4n) is 5.55. The third-order valence-corrected chi connectivity index (χ3v) is 7.03. The molecule has 0 unspecified atom stereocenters. The molecule has 2 aromatic carbocycles. The molecule has 2 N–H and O–H groups in total. The maximum atomic E-state index is 13.5. The van der Waals surface area contributed by atoms with Crippen LogP contribution in [0.1, 0.15) is 18.7 Å². The van der Waals surface area contributed by atoms with Gasteiger partial charge in [-0.25, -0.2) is 4.39 Å². The van der Waals surface area contributed by atoms with Crippen LogP contribution in [-0.4, -0.2) is 39.7 Å². The molecular weight excluding hydrogens is 421 g/mol. The van der Waals surface area contributed by atoms with E-state index in [1.165, 1.54) is 12.1 Å². The van der Waals surface area contributed by atoms with Crippen LogP contribution in [0.5, 0.6) is 0 Å². The summed E-state index contributed by atoms with van der Waals surface area (Å²) in [6, 6.07) is 18.3. The summed E-state index contributed by atoms with van der Waals surface area (Å²) < 4.78 is 15.1. The number of hydrogen-bond donors (Lipinski definition) is 2. The van der Waals surface area contributed by atoms with Gasteiger partial charge >= 0.3 is 0 Å². The number of halogens is 1. The van der Waals surface area contributed by atoms with Gasteiger partial charge in [-0.1, -0.05) is 37.3 Å². The van der Waals surface area contributed by atoms with Crippen LogP contribution in [0.2, 0.25) is 0 Å². The number of para-hydroxylation sites is 1. The van der Waals surface area contributed by atoms with E-state index in [-0.39, 0.29) is 41.9 Å². The molecule has 1 amide bonds. The highest BCUT2D eigenvalue weighted by atomic mass is 19.1. The van der Waals surface area contributed by atoms with Crippen molar-refractivity contribution in [3.8, 4) is 11.1 Å². The fourth-order valence-corrected chi connectivity index (χ4v) is 5.55. The Hall–Kier alpha value is -3.29. The van der Waals surface area contributed by atoms with Crippen molar-refractivity contribution in [2.24, 2.45) is 11.8 Å². The average molecular weight is 448 g/mol. The number of carbonyl (C=O) groups is 1. The monoisotopic (exact) mass is 447 g/mol. The lowest BCUT2D eigenvalue weighted by atomic mass is 9.86. The minimum absolute atomic E-state index is 0.134. The number of benzene rings is 2. The van der Waals surface area contributed by atoms with E-state index in [9.17, 15) is 19.1 Å². The summed E-state index contributed by atoms with van der Waals surface area (Å²) in [5.41, 5.74) is 2.46. The lowest BCUT2D eigenvalue weighted by molar-refractivity contribution is -0.122. The average Bonchev–Trinajstić information content (AvgIpc) is 3.06. The van der Waals surface area contributed by atoms with Crippen molar-refractivity contribution >= 4 is 11.6 Å². The topological polar surface area (TPSA) is 74.6 Å². The highest BCUT2D eigenvalue weighted by molar-refractivity contribution is 5.93. The van der Waals surface area contributed by atoms with Gasteiger partial charge in [0, 0.05) is 42.1 Å². The molecule has 6 nitrogen and oxygen atoms in total. The third kappa shape index (κ3) is 3.57. The number of nitrogens with zero attached hydrogens (tertiary/aromatic N) is 2. The molecule has 2 bridgehead atoms. The van der Waals surface area contributed by atoms with Gasteiger partial charge in [-0.05, 0) is 48.5 Å². The summed E-state index contributed by atoms with van der Waals surface area (Å²) in [4.78, 5) is 29.1. The SMILES string of the molecule is CCN1[C@@H]2Cn3c(ccc(-c4ccc(F)cc4)c3=O)[C@H]1[C@@H](C(=O)Nc1ccccc1)[C@@H]2CO. The summed E-state index contributed by atoms with van der Waals surface area (Å²) in [5.74, 6) is -1.31. The van der Waals surface area contributed by atoms with Crippen molar-refractivity contribution in [2.45, 2.75) is 25.6 Å². The number of hydrogen-bond acceptors (Lipinski definition) is 4. The second-order valence-corrected chi connectivity index (χ2v) is 8.66. The maximum Gasteiger partial charge on any atom is 0.258 e. The number of anilines is 1. The zero-order chi connectivity index (χ0) is 23.1. The summed E-state index contributed by atoms with van der Waals surface area (Å²) in [6.07, 6.45) is 0. The van der Waals surface area contributed by atoms with Gasteiger partial charge in [-0.2, -0.15) is 0 Å². The number of pyridine rings is 1. The molecule has 33 heavy (non-hydrogen) atoms. The zero-order valence-corrected chi connectivity index (χ0v) is 18.3.